The van der Waals surface area contributed by atoms with E-state index in [0.29, 0.717) is 44.1 Å². The number of carbonyl (C=O) groups excluding carboxylic acids is 2. The second-order valence-corrected chi connectivity index (χ2v) is 28.5. The third-order valence-electron chi connectivity index (χ3n) is 22.2. The van der Waals surface area contributed by atoms with Gasteiger partial charge in [-0.15, -0.1) is 0 Å². The van der Waals surface area contributed by atoms with Crippen LogP contribution in [-0.4, -0.2) is 267 Å². The third-order valence-corrected chi connectivity index (χ3v) is 22.7. The Morgan fingerprint density at radius 1 is 0.678 bits per heavy atom. The van der Waals surface area contributed by atoms with Gasteiger partial charge in [0.05, 0.1) is 44.1 Å². The SMILES string of the molecule is C=C(C)C(=O)CC[C@]1(C)OC(=O)[C@]23CC[C@H]4C(=CC[C@H]5C(C)(C)C(O[C@@H]6OC[C@@H](OS(=O)(=O)[O-])[C@H](O)[C@H]6O[C@@H]6O[C@H](C)[C@@H](O[C@@H]7O[C@H](CO)[C@@H](O)[C@H](O[C@@H]8O[C@H](CO)[C@@H](O)[C@H](OC)[C@H]8O)[C@H]7O)[C@H](O)[C@H]6O[C@@H]6OC[C@@H](O)[C@H](O)[C@H]6O)CC[C@]45C)[C@]2(C)CC[C@@H]31.[Na+]. The maximum atomic E-state index is 14.5. The second kappa shape index (κ2) is 27.5. The molecule has 29 nitrogen and oxygen atoms in total. The fourth-order valence-corrected chi connectivity index (χ4v) is 17.7. The van der Waals surface area contributed by atoms with Gasteiger partial charge >= 0.3 is 35.5 Å². The van der Waals surface area contributed by atoms with Crippen LogP contribution in [-0.2, 0) is 81.0 Å². The molecule has 9 fully saturated rings. The number of aliphatic hydroxyl groups is 11. The van der Waals surface area contributed by atoms with E-state index >= 15 is 0 Å². The van der Waals surface area contributed by atoms with Gasteiger partial charge in [0.2, 0.25) is 10.4 Å². The van der Waals surface area contributed by atoms with Crippen LogP contribution in [0.5, 0.6) is 0 Å². The fraction of sp³-hybridized carbons (Fsp3) is 0.898. The van der Waals surface area contributed by atoms with Gasteiger partial charge in [-0.05, 0) is 100 Å². The number of hydrogen-bond acceptors (Lipinski definition) is 29. The van der Waals surface area contributed by atoms with E-state index in [2.05, 4.69) is 40.3 Å². The number of rotatable bonds is 19. The summed E-state index contributed by atoms with van der Waals surface area (Å²) in [4.78, 5) is 27.2. The van der Waals surface area contributed by atoms with Crippen molar-refractivity contribution in [1.82, 2.24) is 0 Å². The molecule has 0 bridgehead atoms. The van der Waals surface area contributed by atoms with E-state index in [1.54, 1.807) is 6.92 Å². The number of hydrogen-bond donors (Lipinski definition) is 11. The van der Waals surface area contributed by atoms with Crippen molar-refractivity contribution in [2.45, 2.75) is 259 Å². The Hall–Kier alpha value is -1.39. The minimum atomic E-state index is -5.51. The molecule has 4 aliphatic carbocycles. The number of aliphatic hydroxyl groups excluding tert-OH is 11. The van der Waals surface area contributed by atoms with Crippen molar-refractivity contribution in [1.29, 1.82) is 0 Å². The Morgan fingerprint density at radius 3 is 1.89 bits per heavy atom. The van der Waals surface area contributed by atoms with Crippen molar-refractivity contribution in [3.8, 4) is 0 Å². The van der Waals surface area contributed by atoms with Crippen LogP contribution in [0.15, 0.2) is 23.8 Å². The molecule has 6 heterocycles. The molecule has 90 heavy (non-hydrogen) atoms. The van der Waals surface area contributed by atoms with E-state index < -0.39 is 206 Å². The molecule has 3 saturated carbocycles. The monoisotopic (exact) mass is 1320 g/mol. The summed E-state index contributed by atoms with van der Waals surface area (Å²) < 4.78 is 114. The van der Waals surface area contributed by atoms with Gasteiger partial charge in [0.15, 0.2) is 37.2 Å². The largest absolute Gasteiger partial charge is 1.00 e. The molecule has 0 aromatic rings. The van der Waals surface area contributed by atoms with Crippen LogP contribution in [0.3, 0.4) is 0 Å². The first-order valence-corrected chi connectivity index (χ1v) is 32.2. The molecule has 6 saturated heterocycles. The van der Waals surface area contributed by atoms with Crippen molar-refractivity contribution in [3.05, 3.63) is 23.8 Å². The maximum absolute atomic E-state index is 14.5. The average molecular weight is 1320 g/mol. The first-order valence-electron chi connectivity index (χ1n) is 30.8. The molecule has 508 valence electrons. The van der Waals surface area contributed by atoms with Crippen LogP contribution in [0, 0.1) is 39.4 Å². The number of esters is 1. The Kier molecular flexibility index (Phi) is 22.3. The van der Waals surface area contributed by atoms with E-state index in [0.717, 1.165) is 20.0 Å². The van der Waals surface area contributed by atoms with Crippen molar-refractivity contribution in [2.75, 3.05) is 33.5 Å². The Morgan fingerprint density at radius 2 is 1.27 bits per heavy atom. The van der Waals surface area contributed by atoms with E-state index in [4.69, 9.17) is 61.0 Å². The van der Waals surface area contributed by atoms with Gasteiger partial charge in [0.25, 0.3) is 0 Å². The number of fused-ring (bicyclic) bond motifs is 4. The first-order chi connectivity index (χ1) is 41.7. The summed E-state index contributed by atoms with van der Waals surface area (Å²) in [5.74, 6) is -0.327. The molecule has 31 heteroatoms. The summed E-state index contributed by atoms with van der Waals surface area (Å²) in [6.07, 6.45) is -34.2. The normalized spacial score (nSPS) is 50.1. The minimum absolute atomic E-state index is 0. The second-order valence-electron chi connectivity index (χ2n) is 27.5. The zero-order chi connectivity index (χ0) is 65.0. The molecule has 1 spiro atoms. The molecule has 0 aromatic heterocycles. The van der Waals surface area contributed by atoms with Gasteiger partial charge in [-0.3, -0.25) is 13.8 Å². The van der Waals surface area contributed by atoms with Gasteiger partial charge in [-0.25, -0.2) is 8.42 Å². The Labute approximate surface area is 544 Å². The molecule has 31 atom stereocenters. The van der Waals surface area contributed by atoms with Crippen molar-refractivity contribution in [3.63, 3.8) is 0 Å². The predicted octanol–water partition coefficient (Wildman–Crippen LogP) is -5.26. The standard InChI is InChI=1S/C59H92O29S.Na/c1-24(2)28(62)13-18-58(8)34-14-17-57(7)27-10-11-33-55(4,5)35(15-16-56(33,6)26(27)12-19-59(34,57)54(72)87-58)82-52-47(39(67)32(23-78-52)88-89(73,74)75)86-53-48(85-49-40(68)36(64)29(63)22-77-49)41(69)44(25(3)79-53)83-51-43(71)46(38(66)31(21-61)81-51)84-50-42(70)45(76-9)37(65)30(20-60)80-50;/h10,25-26,29-53,60-61,63-71H,1,11-23H2,2-9H3,(H,73,74,75);/q;+1/p-1/t25-,26+,29-,30-,31-,32-,33+,34-,35?,36+,37-,38-,39+,40-,41+,42-,43-,44-,45+,46+,47-,48-,49+,50+,51+,52+,53+,56-,57+,58+,59-;/m1./s1. The summed E-state index contributed by atoms with van der Waals surface area (Å²) in [5, 5.41) is 122. The summed E-state index contributed by atoms with van der Waals surface area (Å²) in [7, 11) is -4.35. The summed E-state index contributed by atoms with van der Waals surface area (Å²) in [6, 6.07) is 0. The van der Waals surface area contributed by atoms with Crippen molar-refractivity contribution in [2.24, 2.45) is 39.4 Å². The summed E-state index contributed by atoms with van der Waals surface area (Å²) >= 11 is 0. The van der Waals surface area contributed by atoms with Gasteiger partial charge in [-0.2, -0.15) is 0 Å². The zero-order valence-electron chi connectivity index (χ0n) is 52.2. The molecule has 10 aliphatic rings. The molecule has 6 aliphatic heterocycles. The fourth-order valence-electron chi connectivity index (χ4n) is 17.3. The molecule has 0 aromatic carbocycles. The van der Waals surface area contributed by atoms with Crippen LogP contribution < -0.4 is 29.6 Å². The Bertz CT molecular complexity index is 2710. The van der Waals surface area contributed by atoms with Crippen LogP contribution in [0.1, 0.15) is 106 Å². The van der Waals surface area contributed by atoms with Gasteiger partial charge < -0.3 is 118 Å². The van der Waals surface area contributed by atoms with Gasteiger partial charge in [0.1, 0.15) is 109 Å². The van der Waals surface area contributed by atoms with E-state index in [9.17, 15) is 78.7 Å². The number of allylic oxidation sites excluding steroid dienone is 3. The molecular weight excluding hydrogens is 1230 g/mol. The number of ketones is 1. The molecule has 0 amide bonds. The molecule has 10 rings (SSSR count). The zero-order valence-corrected chi connectivity index (χ0v) is 55.1. The van der Waals surface area contributed by atoms with E-state index in [1.165, 1.54) is 12.5 Å². The smallest absolute Gasteiger partial charge is 0.726 e. The molecular formula is C59H91NaO29S. The van der Waals surface area contributed by atoms with Crippen molar-refractivity contribution >= 4 is 22.2 Å². The van der Waals surface area contributed by atoms with Crippen LogP contribution in [0.4, 0.5) is 0 Å². The molecule has 1 unspecified atom stereocenters. The molecule has 0 radical (unpaired) electrons. The summed E-state index contributed by atoms with van der Waals surface area (Å²) in [6.45, 7) is 14.5. The van der Waals surface area contributed by atoms with Crippen LogP contribution in [0.25, 0.3) is 0 Å². The maximum Gasteiger partial charge on any atom is 1.00 e. The summed E-state index contributed by atoms with van der Waals surface area (Å²) in [5.41, 5.74) is -1.38. The number of ether oxygens (including phenoxy) is 12. The number of methoxy groups -OCH3 is 1. The number of Topliss-reactive ketones (excluding diaryl/α,β-unsaturated/α-hetero) is 1. The van der Waals surface area contributed by atoms with Crippen LogP contribution in [0.2, 0.25) is 0 Å². The predicted molar refractivity (Wildman–Crippen MR) is 296 cm³/mol. The average Bonchev–Trinajstić information content (AvgIpc) is 1.44. The number of carbonyl (C=O) groups is 2. The van der Waals surface area contributed by atoms with Crippen molar-refractivity contribution < 1.29 is 169 Å². The number of cyclic esters (lactones) is 1. The topological polar surface area (TPSA) is 434 Å². The first kappa shape index (κ1) is 72.9. The van der Waals surface area contributed by atoms with Crippen LogP contribution >= 0.6 is 0 Å². The quantitative estimate of drug-likeness (QED) is 0.0144. The minimum Gasteiger partial charge on any atom is -0.726 e. The van der Waals surface area contributed by atoms with Gasteiger partial charge in [-0.1, -0.05) is 45.9 Å². The molecule has 11 N–H and O–H groups in total. The van der Waals surface area contributed by atoms with E-state index in [1.807, 2.05) is 6.92 Å². The third kappa shape index (κ3) is 12.8. The van der Waals surface area contributed by atoms with E-state index in [-0.39, 0.29) is 70.9 Å². The Balaban J connectivity index is 0.00000960. The van der Waals surface area contributed by atoms with Gasteiger partial charge in [0, 0.05) is 24.9 Å².